The molecule has 82 valence electrons. The van der Waals surface area contributed by atoms with E-state index < -0.39 is 6.10 Å². The molecule has 1 aromatic rings. The molecule has 1 rings (SSSR count). The van der Waals surface area contributed by atoms with Crippen molar-refractivity contribution in [2.24, 2.45) is 0 Å². The zero-order chi connectivity index (χ0) is 11.3. The van der Waals surface area contributed by atoms with Gasteiger partial charge < -0.3 is 15.2 Å². The Bertz CT molecular complexity index is 321. The lowest BCUT2D eigenvalue weighted by molar-refractivity contribution is -0.124. The molecule has 0 aromatic heterocycles. The maximum absolute atomic E-state index is 11.3. The number of anilines is 1. The van der Waals surface area contributed by atoms with E-state index in [0.717, 1.165) is 5.75 Å². The number of carbonyl (C=O) groups is 1. The van der Waals surface area contributed by atoms with E-state index in [-0.39, 0.29) is 5.91 Å². The van der Waals surface area contributed by atoms with Crippen LogP contribution in [-0.2, 0) is 4.79 Å². The number of amides is 1. The first-order valence-electron chi connectivity index (χ1n) is 4.80. The SMILES string of the molecule is CC[C@@H](O)C(=O)Nc1ccc(OC)cc1. The summed E-state index contributed by atoms with van der Waals surface area (Å²) in [6.07, 6.45) is -0.547. The van der Waals surface area contributed by atoms with Crippen molar-refractivity contribution in [3.05, 3.63) is 24.3 Å². The van der Waals surface area contributed by atoms with Crippen LogP contribution in [0.25, 0.3) is 0 Å². The van der Waals surface area contributed by atoms with Crippen molar-refractivity contribution < 1.29 is 14.6 Å². The summed E-state index contributed by atoms with van der Waals surface area (Å²) in [7, 11) is 1.58. The lowest BCUT2D eigenvalue weighted by Crippen LogP contribution is -2.26. The monoisotopic (exact) mass is 209 g/mol. The molecular weight excluding hydrogens is 194 g/mol. The quantitative estimate of drug-likeness (QED) is 0.788. The van der Waals surface area contributed by atoms with Gasteiger partial charge >= 0.3 is 0 Å². The van der Waals surface area contributed by atoms with Gasteiger partial charge in [0, 0.05) is 5.69 Å². The summed E-state index contributed by atoms with van der Waals surface area (Å²) < 4.78 is 4.98. The fourth-order valence-corrected chi connectivity index (χ4v) is 1.09. The minimum Gasteiger partial charge on any atom is -0.497 e. The normalized spacial score (nSPS) is 11.9. The first-order chi connectivity index (χ1) is 7.17. The van der Waals surface area contributed by atoms with Crippen LogP contribution in [-0.4, -0.2) is 24.2 Å². The Kier molecular flexibility index (Phi) is 4.12. The fourth-order valence-electron chi connectivity index (χ4n) is 1.09. The van der Waals surface area contributed by atoms with Gasteiger partial charge in [-0.05, 0) is 30.7 Å². The summed E-state index contributed by atoms with van der Waals surface area (Å²) in [6, 6.07) is 6.93. The molecule has 2 N–H and O–H groups in total. The van der Waals surface area contributed by atoms with Crippen molar-refractivity contribution in [1.29, 1.82) is 0 Å². The maximum atomic E-state index is 11.3. The summed E-state index contributed by atoms with van der Waals surface area (Å²) in [4.78, 5) is 11.3. The molecule has 0 saturated heterocycles. The van der Waals surface area contributed by atoms with Crippen LogP contribution in [0.2, 0.25) is 0 Å². The number of methoxy groups -OCH3 is 1. The van der Waals surface area contributed by atoms with Crippen molar-refractivity contribution in [3.8, 4) is 5.75 Å². The predicted molar refractivity (Wildman–Crippen MR) is 57.9 cm³/mol. The largest absolute Gasteiger partial charge is 0.497 e. The maximum Gasteiger partial charge on any atom is 0.253 e. The van der Waals surface area contributed by atoms with Gasteiger partial charge in [0.2, 0.25) is 0 Å². The van der Waals surface area contributed by atoms with Crippen LogP contribution in [0.1, 0.15) is 13.3 Å². The first kappa shape index (κ1) is 11.5. The molecule has 0 aliphatic heterocycles. The Morgan fingerprint density at radius 3 is 2.53 bits per heavy atom. The van der Waals surface area contributed by atoms with E-state index in [1.54, 1.807) is 38.3 Å². The van der Waals surface area contributed by atoms with Crippen molar-refractivity contribution in [3.63, 3.8) is 0 Å². The van der Waals surface area contributed by atoms with Crippen LogP contribution < -0.4 is 10.1 Å². The van der Waals surface area contributed by atoms with E-state index in [4.69, 9.17) is 4.74 Å². The third kappa shape index (κ3) is 3.25. The van der Waals surface area contributed by atoms with Gasteiger partial charge in [0.25, 0.3) is 5.91 Å². The molecule has 0 saturated carbocycles. The number of aliphatic hydroxyl groups excluding tert-OH is 1. The molecule has 0 fully saturated rings. The smallest absolute Gasteiger partial charge is 0.253 e. The highest BCUT2D eigenvalue weighted by atomic mass is 16.5. The molecule has 15 heavy (non-hydrogen) atoms. The Balaban J connectivity index is 2.61. The van der Waals surface area contributed by atoms with E-state index >= 15 is 0 Å². The average Bonchev–Trinajstić information content (AvgIpc) is 2.29. The van der Waals surface area contributed by atoms with Crippen molar-refractivity contribution in [2.45, 2.75) is 19.4 Å². The molecule has 0 bridgehead atoms. The summed E-state index contributed by atoms with van der Waals surface area (Å²) in [5.41, 5.74) is 0.647. The Morgan fingerprint density at radius 1 is 1.47 bits per heavy atom. The first-order valence-corrected chi connectivity index (χ1v) is 4.80. The minimum atomic E-state index is -0.952. The van der Waals surface area contributed by atoms with Crippen molar-refractivity contribution in [1.82, 2.24) is 0 Å². The lowest BCUT2D eigenvalue weighted by Gasteiger charge is -2.09. The molecule has 0 heterocycles. The van der Waals surface area contributed by atoms with Crippen LogP contribution in [0, 0.1) is 0 Å². The van der Waals surface area contributed by atoms with Gasteiger partial charge in [-0.15, -0.1) is 0 Å². The highest BCUT2D eigenvalue weighted by molar-refractivity contribution is 5.93. The Morgan fingerprint density at radius 2 is 2.07 bits per heavy atom. The molecule has 0 radical (unpaired) electrons. The minimum absolute atomic E-state index is 0.386. The molecule has 4 heteroatoms. The summed E-state index contributed by atoms with van der Waals surface area (Å²) in [5.74, 6) is 0.340. The van der Waals surface area contributed by atoms with Crippen molar-refractivity contribution in [2.75, 3.05) is 12.4 Å². The topological polar surface area (TPSA) is 58.6 Å². The van der Waals surface area contributed by atoms with E-state index in [1.807, 2.05) is 0 Å². The zero-order valence-electron chi connectivity index (χ0n) is 8.86. The fraction of sp³-hybridized carbons (Fsp3) is 0.364. The average molecular weight is 209 g/mol. The van der Waals surface area contributed by atoms with Crippen LogP contribution >= 0.6 is 0 Å². The van der Waals surface area contributed by atoms with E-state index in [2.05, 4.69) is 5.32 Å². The van der Waals surface area contributed by atoms with Crippen LogP contribution in [0.4, 0.5) is 5.69 Å². The molecule has 0 unspecified atom stereocenters. The standard InChI is InChI=1S/C11H15NO3/c1-3-10(13)11(14)12-8-4-6-9(15-2)7-5-8/h4-7,10,13H,3H2,1-2H3,(H,12,14)/t10-/m1/s1. The van der Waals surface area contributed by atoms with Crippen LogP contribution in [0.3, 0.4) is 0 Å². The number of carbonyl (C=O) groups excluding carboxylic acids is 1. The number of hydrogen-bond donors (Lipinski definition) is 2. The van der Waals surface area contributed by atoms with E-state index in [1.165, 1.54) is 0 Å². The van der Waals surface area contributed by atoms with Gasteiger partial charge in [-0.2, -0.15) is 0 Å². The summed E-state index contributed by atoms with van der Waals surface area (Å²) >= 11 is 0. The van der Waals surface area contributed by atoms with Gasteiger partial charge in [0.05, 0.1) is 7.11 Å². The van der Waals surface area contributed by atoms with Gasteiger partial charge in [-0.1, -0.05) is 6.92 Å². The van der Waals surface area contributed by atoms with Crippen LogP contribution in [0.15, 0.2) is 24.3 Å². The number of ether oxygens (including phenoxy) is 1. The Hall–Kier alpha value is -1.55. The van der Waals surface area contributed by atoms with Gasteiger partial charge in [-0.25, -0.2) is 0 Å². The molecule has 0 aliphatic rings. The molecular formula is C11H15NO3. The summed E-state index contributed by atoms with van der Waals surface area (Å²) in [5, 5.41) is 11.9. The van der Waals surface area contributed by atoms with Gasteiger partial charge in [0.15, 0.2) is 0 Å². The number of rotatable bonds is 4. The number of hydrogen-bond acceptors (Lipinski definition) is 3. The highest BCUT2D eigenvalue weighted by Gasteiger charge is 2.11. The number of benzene rings is 1. The second-order valence-electron chi connectivity index (χ2n) is 3.14. The lowest BCUT2D eigenvalue weighted by atomic mass is 10.2. The van der Waals surface area contributed by atoms with E-state index in [9.17, 15) is 9.90 Å². The molecule has 0 spiro atoms. The third-order valence-electron chi connectivity index (χ3n) is 2.05. The number of aliphatic hydroxyl groups is 1. The third-order valence-corrected chi connectivity index (χ3v) is 2.05. The van der Waals surface area contributed by atoms with Crippen molar-refractivity contribution >= 4 is 11.6 Å². The zero-order valence-corrected chi connectivity index (χ0v) is 8.86. The highest BCUT2D eigenvalue weighted by Crippen LogP contribution is 2.15. The van der Waals surface area contributed by atoms with Crippen LogP contribution in [0.5, 0.6) is 5.75 Å². The molecule has 0 aliphatic carbocycles. The van der Waals surface area contributed by atoms with E-state index in [0.29, 0.717) is 12.1 Å². The summed E-state index contributed by atoms with van der Waals surface area (Å²) in [6.45, 7) is 1.75. The van der Waals surface area contributed by atoms with Gasteiger partial charge in [-0.3, -0.25) is 4.79 Å². The Labute approximate surface area is 88.9 Å². The molecule has 1 amide bonds. The second kappa shape index (κ2) is 5.36. The second-order valence-corrected chi connectivity index (χ2v) is 3.14. The molecule has 1 atom stereocenters. The molecule has 1 aromatic carbocycles. The van der Waals surface area contributed by atoms with Gasteiger partial charge in [0.1, 0.15) is 11.9 Å². The molecule has 4 nitrogen and oxygen atoms in total. The number of nitrogens with one attached hydrogen (secondary N) is 1. The predicted octanol–water partition coefficient (Wildman–Crippen LogP) is 1.40.